The minimum absolute atomic E-state index is 0.660. The molecule has 1 aromatic carbocycles. The predicted octanol–water partition coefficient (Wildman–Crippen LogP) is 1.57. The van der Waals surface area contributed by atoms with Crippen molar-refractivity contribution in [2.24, 2.45) is 4.99 Å². The van der Waals surface area contributed by atoms with Gasteiger partial charge in [-0.3, -0.25) is 4.99 Å². The fraction of sp³-hybridized carbons (Fsp3) is 0.417. The lowest BCUT2D eigenvalue weighted by molar-refractivity contribution is 0.134. The van der Waals surface area contributed by atoms with Gasteiger partial charge < -0.3 is 10.1 Å². The van der Waals surface area contributed by atoms with Gasteiger partial charge in [0.05, 0.1) is 13.2 Å². The summed E-state index contributed by atoms with van der Waals surface area (Å²) in [5.41, 5.74) is 2.37. The van der Waals surface area contributed by atoms with Crippen LogP contribution in [0, 0.1) is 0 Å². The van der Waals surface area contributed by atoms with Gasteiger partial charge in [0, 0.05) is 18.7 Å². The first-order chi connectivity index (χ1) is 7.42. The molecule has 1 aliphatic heterocycles. The van der Waals surface area contributed by atoms with Gasteiger partial charge in [-0.25, -0.2) is 0 Å². The third-order valence-electron chi connectivity index (χ3n) is 2.41. The molecule has 3 nitrogen and oxygen atoms in total. The van der Waals surface area contributed by atoms with Gasteiger partial charge in [0.25, 0.3) is 0 Å². The van der Waals surface area contributed by atoms with E-state index in [2.05, 4.69) is 22.4 Å². The van der Waals surface area contributed by atoms with Crippen molar-refractivity contribution in [1.29, 1.82) is 0 Å². The molecule has 1 N–H and O–H groups in total. The third kappa shape index (κ3) is 2.36. The average molecular weight is 204 g/mol. The summed E-state index contributed by atoms with van der Waals surface area (Å²) in [6.45, 7) is 5.23. The van der Waals surface area contributed by atoms with Crippen LogP contribution in [0.25, 0.3) is 0 Å². The van der Waals surface area contributed by atoms with Crippen molar-refractivity contribution in [3.05, 3.63) is 35.4 Å². The Bertz CT molecular complexity index is 360. The number of aliphatic imine (C=N–C) groups is 1. The van der Waals surface area contributed by atoms with Crippen molar-refractivity contribution in [3.63, 3.8) is 0 Å². The molecule has 0 radical (unpaired) electrons. The maximum absolute atomic E-state index is 5.44. The van der Waals surface area contributed by atoms with Crippen LogP contribution in [0.5, 0.6) is 0 Å². The van der Waals surface area contributed by atoms with Gasteiger partial charge >= 0.3 is 0 Å². The molecule has 1 aliphatic rings. The topological polar surface area (TPSA) is 33.6 Å². The van der Waals surface area contributed by atoms with Gasteiger partial charge in [-0.15, -0.1) is 0 Å². The second kappa shape index (κ2) is 4.94. The minimum Gasteiger partial charge on any atom is -0.377 e. The van der Waals surface area contributed by atoms with Crippen molar-refractivity contribution in [2.75, 3.05) is 19.7 Å². The second-order valence-electron chi connectivity index (χ2n) is 3.45. The highest BCUT2D eigenvalue weighted by Crippen LogP contribution is 2.12. The molecule has 1 aromatic rings. The molecule has 15 heavy (non-hydrogen) atoms. The molecule has 1 heterocycles. The van der Waals surface area contributed by atoms with Crippen LogP contribution in [0.4, 0.5) is 0 Å². The lowest BCUT2D eigenvalue weighted by Crippen LogP contribution is -2.21. The van der Waals surface area contributed by atoms with Gasteiger partial charge in [0.15, 0.2) is 0 Å². The van der Waals surface area contributed by atoms with E-state index in [0.29, 0.717) is 6.61 Å². The van der Waals surface area contributed by atoms with Crippen molar-refractivity contribution in [2.45, 2.75) is 13.5 Å². The van der Waals surface area contributed by atoms with E-state index in [-0.39, 0.29) is 0 Å². The summed E-state index contributed by atoms with van der Waals surface area (Å²) < 4.78 is 5.44. The number of hydrogen-bond donors (Lipinski definition) is 1. The molecule has 2 rings (SSSR count). The van der Waals surface area contributed by atoms with E-state index in [0.717, 1.165) is 25.5 Å². The minimum atomic E-state index is 0.660. The lowest BCUT2D eigenvalue weighted by Gasteiger charge is -2.09. The Morgan fingerprint density at radius 2 is 2.27 bits per heavy atom. The smallest absolute Gasteiger partial charge is 0.128 e. The Balaban J connectivity index is 2.21. The molecule has 3 heteroatoms. The summed E-state index contributed by atoms with van der Waals surface area (Å²) in [6, 6.07) is 8.25. The Morgan fingerprint density at radius 1 is 1.40 bits per heavy atom. The normalized spacial score (nSPS) is 14.9. The summed E-state index contributed by atoms with van der Waals surface area (Å²) in [4.78, 5) is 4.42. The van der Waals surface area contributed by atoms with E-state index in [1.165, 1.54) is 11.1 Å². The Kier molecular flexibility index (Phi) is 3.35. The maximum Gasteiger partial charge on any atom is 0.128 e. The fourth-order valence-electron chi connectivity index (χ4n) is 1.67. The van der Waals surface area contributed by atoms with Crippen LogP contribution in [-0.4, -0.2) is 25.5 Å². The summed E-state index contributed by atoms with van der Waals surface area (Å²) in [5.74, 6) is 1.00. The molecule has 0 saturated carbocycles. The Morgan fingerprint density at radius 3 is 3.00 bits per heavy atom. The number of rotatable bonds is 4. The Labute approximate surface area is 90.2 Å². The number of ether oxygens (including phenoxy) is 1. The van der Waals surface area contributed by atoms with Crippen LogP contribution in [0.2, 0.25) is 0 Å². The predicted molar refractivity (Wildman–Crippen MR) is 61.2 cm³/mol. The zero-order valence-corrected chi connectivity index (χ0v) is 8.99. The van der Waals surface area contributed by atoms with E-state index < -0.39 is 0 Å². The quantitative estimate of drug-likeness (QED) is 0.807. The van der Waals surface area contributed by atoms with Crippen molar-refractivity contribution >= 4 is 5.84 Å². The van der Waals surface area contributed by atoms with Crippen LogP contribution < -0.4 is 5.32 Å². The molecule has 0 saturated heterocycles. The number of nitrogens with one attached hydrogen (secondary N) is 1. The second-order valence-corrected chi connectivity index (χ2v) is 3.45. The van der Waals surface area contributed by atoms with Crippen LogP contribution in [0.3, 0.4) is 0 Å². The van der Waals surface area contributed by atoms with Crippen LogP contribution in [0.15, 0.2) is 29.3 Å². The molecular weight excluding hydrogens is 188 g/mol. The molecule has 80 valence electrons. The van der Waals surface area contributed by atoms with Crippen LogP contribution in [-0.2, 0) is 11.3 Å². The maximum atomic E-state index is 5.44. The molecule has 0 aliphatic carbocycles. The molecule has 0 atom stereocenters. The molecule has 0 amide bonds. The van der Waals surface area contributed by atoms with E-state index in [4.69, 9.17) is 4.74 Å². The number of hydrogen-bond acceptors (Lipinski definition) is 3. The Hall–Kier alpha value is -1.35. The monoisotopic (exact) mass is 204 g/mol. The summed E-state index contributed by atoms with van der Waals surface area (Å²) in [5, 5.41) is 3.28. The molecular formula is C12H16N2O. The molecule has 0 aromatic heterocycles. The highest BCUT2D eigenvalue weighted by atomic mass is 16.5. The van der Waals surface area contributed by atoms with Gasteiger partial charge in [-0.1, -0.05) is 24.3 Å². The molecule has 0 bridgehead atoms. The highest BCUT2D eigenvalue weighted by molar-refractivity contribution is 6.00. The first-order valence-electron chi connectivity index (χ1n) is 5.36. The van der Waals surface area contributed by atoms with Crippen molar-refractivity contribution in [1.82, 2.24) is 5.32 Å². The molecule has 0 fully saturated rings. The van der Waals surface area contributed by atoms with Crippen LogP contribution in [0.1, 0.15) is 18.1 Å². The molecule has 0 unspecified atom stereocenters. The number of nitrogens with zero attached hydrogens (tertiary/aromatic N) is 1. The van der Waals surface area contributed by atoms with E-state index in [1.807, 2.05) is 19.1 Å². The zero-order chi connectivity index (χ0) is 10.5. The SMILES string of the molecule is CCOCc1ccccc1C1=NCCN1. The standard InChI is InChI=1S/C12H16N2O/c1-2-15-9-10-5-3-4-6-11(10)12-13-7-8-14-12/h3-6H,2,7-9H2,1H3,(H,13,14). The number of benzene rings is 1. The van der Waals surface area contributed by atoms with E-state index in [1.54, 1.807) is 0 Å². The average Bonchev–Trinajstić information content (AvgIpc) is 2.80. The van der Waals surface area contributed by atoms with Gasteiger partial charge in [0.1, 0.15) is 5.84 Å². The van der Waals surface area contributed by atoms with E-state index in [9.17, 15) is 0 Å². The summed E-state index contributed by atoms with van der Waals surface area (Å²) >= 11 is 0. The summed E-state index contributed by atoms with van der Waals surface area (Å²) in [6.07, 6.45) is 0. The third-order valence-corrected chi connectivity index (χ3v) is 2.41. The summed E-state index contributed by atoms with van der Waals surface area (Å²) in [7, 11) is 0. The van der Waals surface area contributed by atoms with Gasteiger partial charge in [-0.05, 0) is 12.5 Å². The lowest BCUT2D eigenvalue weighted by atomic mass is 10.1. The van der Waals surface area contributed by atoms with Gasteiger partial charge in [-0.2, -0.15) is 0 Å². The number of amidine groups is 1. The van der Waals surface area contributed by atoms with Crippen LogP contribution >= 0.6 is 0 Å². The molecule has 0 spiro atoms. The first kappa shape index (κ1) is 10.2. The largest absolute Gasteiger partial charge is 0.377 e. The zero-order valence-electron chi connectivity index (χ0n) is 8.99. The fourth-order valence-corrected chi connectivity index (χ4v) is 1.67. The van der Waals surface area contributed by atoms with Crippen molar-refractivity contribution in [3.8, 4) is 0 Å². The van der Waals surface area contributed by atoms with Gasteiger partial charge in [0.2, 0.25) is 0 Å². The van der Waals surface area contributed by atoms with E-state index >= 15 is 0 Å². The van der Waals surface area contributed by atoms with Crippen molar-refractivity contribution < 1.29 is 4.74 Å². The first-order valence-corrected chi connectivity index (χ1v) is 5.36. The highest BCUT2D eigenvalue weighted by Gasteiger charge is 2.11.